The van der Waals surface area contributed by atoms with Crippen LogP contribution in [0.1, 0.15) is 92.4 Å². The molecule has 2 aliphatic rings. The van der Waals surface area contributed by atoms with Crippen LogP contribution in [0.4, 0.5) is 128 Å². The molecule has 4 N–H and O–H groups in total. The van der Waals surface area contributed by atoms with E-state index in [1.807, 2.05) is 0 Å². The van der Waals surface area contributed by atoms with E-state index >= 15 is 0 Å². The first-order valence-electron chi connectivity index (χ1n) is 24.2. The first-order chi connectivity index (χ1) is 38.5. The van der Waals surface area contributed by atoms with Gasteiger partial charge in [-0.05, 0) is 194 Å². The minimum Gasteiger partial charge on any atom is -0.332 e. The minimum atomic E-state index is -5.56. The lowest BCUT2D eigenvalue weighted by Crippen LogP contribution is -2.24. The highest BCUT2D eigenvalue weighted by Crippen LogP contribution is 2.54. The molecule has 0 radical (unpaired) electrons. The third-order valence-electron chi connectivity index (χ3n) is 13.5. The highest BCUT2D eigenvalue weighted by atomic mass is 32.1. The summed E-state index contributed by atoms with van der Waals surface area (Å²) < 4.78 is 346. The maximum absolute atomic E-state index is 14.7. The lowest BCUT2D eigenvalue weighted by Gasteiger charge is -2.32. The van der Waals surface area contributed by atoms with Crippen molar-refractivity contribution in [3.05, 3.63) is 152 Å². The van der Waals surface area contributed by atoms with Crippen molar-refractivity contribution in [1.29, 1.82) is 0 Å². The average molecular weight is 1260 g/mol. The molecule has 0 saturated heterocycles. The van der Waals surface area contributed by atoms with Gasteiger partial charge in [-0.1, -0.05) is 0 Å². The van der Waals surface area contributed by atoms with Gasteiger partial charge in [-0.15, -0.1) is 0 Å². The zero-order valence-electron chi connectivity index (χ0n) is 41.6. The summed E-state index contributed by atoms with van der Waals surface area (Å²) in [7, 11) is 0. The summed E-state index contributed by atoms with van der Waals surface area (Å²) in [5.41, 5.74) is -22.9. The number of rotatable bonds is 7. The number of anilines is 4. The number of fused-ring (bicyclic) bond motifs is 2. The van der Waals surface area contributed by atoms with E-state index in [0.717, 1.165) is 12.1 Å². The van der Waals surface area contributed by atoms with E-state index in [9.17, 15) is 105 Å². The van der Waals surface area contributed by atoms with Gasteiger partial charge in [0.1, 0.15) is 0 Å². The number of hydrogen-bond donors (Lipinski definition) is 4. The Morgan fingerprint density at radius 1 is 0.286 bits per heavy atom. The molecular weight excluding hydrogens is 1220 g/mol. The molecule has 2 aliphatic carbocycles. The van der Waals surface area contributed by atoms with E-state index in [1.165, 1.54) is 0 Å². The number of halogens is 24. The molecule has 0 bridgehead atoms. The van der Waals surface area contributed by atoms with E-state index in [0.29, 0.717) is 0 Å². The molecule has 0 amide bonds. The smallest absolute Gasteiger partial charge is 0.332 e. The molecule has 0 heterocycles. The maximum atomic E-state index is 14.7. The number of benzene rings is 6. The molecule has 8 rings (SSSR count). The molecule has 6 aromatic rings. The molecule has 0 atom stereocenters. The van der Waals surface area contributed by atoms with Crippen molar-refractivity contribution in [1.82, 2.24) is 0 Å². The van der Waals surface area contributed by atoms with Gasteiger partial charge in [0.05, 0.1) is 55.9 Å². The van der Waals surface area contributed by atoms with Crippen LogP contribution in [0.15, 0.2) is 84.9 Å². The minimum absolute atomic E-state index is 0.0521. The predicted octanol–water partition coefficient (Wildman–Crippen LogP) is 20.2. The predicted molar refractivity (Wildman–Crippen MR) is 269 cm³/mol. The van der Waals surface area contributed by atoms with Gasteiger partial charge in [0, 0.05) is 33.6 Å². The largest absolute Gasteiger partial charge is 0.416 e. The summed E-state index contributed by atoms with van der Waals surface area (Å²) in [4.78, 5) is 0. The first kappa shape index (κ1) is 63.1. The van der Waals surface area contributed by atoms with Crippen LogP contribution in [0.5, 0.6) is 0 Å². The molecule has 0 saturated carbocycles. The normalized spacial score (nSPS) is 14.6. The SMILES string of the molecule is FC(F)(F)c1cc(NC(=S)Nc2c(-c3cc(C(F)(F)F)cc(C(F)(F)F)c3)cc3c(c2-c2c4c(cc(-c5cc(C(F)(F)F)cc(C(F)(F)F)c5)c2NC(=S)Nc2cc(C(F)(F)F)cc(C(F)(F)F)c2)CCCC4)CCCC3)cc(C(F)(F)F)c1. The Morgan fingerprint density at radius 3 is 0.750 bits per heavy atom. The molecule has 4 nitrogen and oxygen atoms in total. The lowest BCUT2D eigenvalue weighted by molar-refractivity contribution is -0.144. The Hall–Kier alpha value is -6.98. The van der Waals surface area contributed by atoms with Gasteiger partial charge in [0.25, 0.3) is 0 Å². The molecule has 0 fully saturated rings. The number of aryl methyl sites for hydroxylation is 2. The fourth-order valence-electron chi connectivity index (χ4n) is 9.90. The molecule has 0 spiro atoms. The zero-order chi connectivity index (χ0) is 62.2. The summed E-state index contributed by atoms with van der Waals surface area (Å²) in [6.45, 7) is 0. The topological polar surface area (TPSA) is 48.1 Å². The Bertz CT molecular complexity index is 3200. The van der Waals surface area contributed by atoms with Gasteiger partial charge in [-0.25, -0.2) is 0 Å². The second-order valence-electron chi connectivity index (χ2n) is 19.4. The van der Waals surface area contributed by atoms with Crippen LogP contribution in [0.2, 0.25) is 0 Å². The van der Waals surface area contributed by atoms with Crippen molar-refractivity contribution in [2.75, 3.05) is 21.3 Å². The van der Waals surface area contributed by atoms with E-state index in [2.05, 4.69) is 21.3 Å². The number of hydrogen-bond acceptors (Lipinski definition) is 2. The Morgan fingerprint density at radius 2 is 0.512 bits per heavy atom. The summed E-state index contributed by atoms with van der Waals surface area (Å²) >= 11 is 10.9. The van der Waals surface area contributed by atoms with Crippen molar-refractivity contribution in [3.63, 3.8) is 0 Å². The van der Waals surface area contributed by atoms with Crippen LogP contribution in [0.3, 0.4) is 0 Å². The first-order valence-corrected chi connectivity index (χ1v) is 25.0. The van der Waals surface area contributed by atoms with Crippen LogP contribution in [0, 0.1) is 0 Å². The van der Waals surface area contributed by atoms with Crippen LogP contribution < -0.4 is 21.3 Å². The molecule has 6 aromatic carbocycles. The molecular formula is C54H34F24N4S2. The van der Waals surface area contributed by atoms with Crippen molar-refractivity contribution in [3.8, 4) is 33.4 Å². The van der Waals surface area contributed by atoms with Gasteiger partial charge in [0.15, 0.2) is 10.2 Å². The Kier molecular flexibility index (Phi) is 16.6. The Labute approximate surface area is 468 Å². The van der Waals surface area contributed by atoms with Gasteiger partial charge < -0.3 is 21.3 Å². The van der Waals surface area contributed by atoms with Crippen molar-refractivity contribution in [2.45, 2.75) is 101 Å². The monoisotopic (exact) mass is 1260 g/mol. The summed E-state index contributed by atoms with van der Waals surface area (Å²) in [6, 6.07) is 2.54. The number of thiocarbonyl (C=S) groups is 2. The van der Waals surface area contributed by atoms with Gasteiger partial charge in [-0.3, -0.25) is 0 Å². The van der Waals surface area contributed by atoms with Crippen LogP contribution >= 0.6 is 24.4 Å². The highest BCUT2D eigenvalue weighted by molar-refractivity contribution is 7.81. The van der Waals surface area contributed by atoms with E-state index in [-0.39, 0.29) is 146 Å². The van der Waals surface area contributed by atoms with Gasteiger partial charge in [-0.2, -0.15) is 105 Å². The van der Waals surface area contributed by atoms with Gasteiger partial charge >= 0.3 is 49.4 Å². The molecule has 0 aromatic heterocycles. The fraction of sp³-hybridized carbons (Fsp3) is 0.296. The molecule has 0 unspecified atom stereocenters. The summed E-state index contributed by atoms with van der Waals surface area (Å²) in [5, 5.41) is 7.13. The fourth-order valence-corrected chi connectivity index (χ4v) is 10.3. The maximum Gasteiger partial charge on any atom is 0.416 e. The van der Waals surface area contributed by atoms with Crippen LogP contribution in [-0.4, -0.2) is 10.2 Å². The summed E-state index contributed by atoms with van der Waals surface area (Å²) in [5.74, 6) is 0. The molecule has 0 aliphatic heterocycles. The second kappa shape index (κ2) is 22.1. The average Bonchev–Trinajstić information content (AvgIpc) is 2.57. The van der Waals surface area contributed by atoms with Crippen LogP contribution in [-0.2, 0) is 75.1 Å². The molecule has 450 valence electrons. The third-order valence-corrected chi connectivity index (χ3v) is 13.9. The van der Waals surface area contributed by atoms with Crippen molar-refractivity contribution < 1.29 is 105 Å². The van der Waals surface area contributed by atoms with Gasteiger partial charge in [0.2, 0.25) is 0 Å². The van der Waals surface area contributed by atoms with E-state index < -0.39 is 160 Å². The lowest BCUT2D eigenvalue weighted by atomic mass is 9.76. The van der Waals surface area contributed by atoms with Crippen molar-refractivity contribution >= 4 is 57.4 Å². The summed E-state index contributed by atoms with van der Waals surface area (Å²) in [6.07, 6.45) is -43.9. The Balaban J connectivity index is 1.52. The zero-order valence-corrected chi connectivity index (χ0v) is 43.3. The van der Waals surface area contributed by atoms with Crippen LogP contribution in [0.25, 0.3) is 33.4 Å². The quantitative estimate of drug-likeness (QED) is 0.0944. The van der Waals surface area contributed by atoms with E-state index in [4.69, 9.17) is 24.4 Å². The highest BCUT2D eigenvalue weighted by Gasteiger charge is 2.42. The standard InChI is InChI=1S/C54H34F24N4S2/c55-47(56,57)27-9-25(10-28(15-27)48(58,59)60)39-13-23-5-1-3-7-37(23)41(43(39)81-45(83)79-35-19-31(51(67,68)69)17-32(20-35)52(70,71)72)42-38-8-4-2-6-24(38)14-40(26-11-29(49(61,62)63)16-30(12-26)50(64,65)66)44(42)82-46(84)80-36-21-33(53(73,74)75)18-34(22-36)54(76,77)78/h9-22H,1-8H2,(H2,79,81,83)(H2,80,82,84). The van der Waals surface area contributed by atoms with E-state index in [1.54, 1.807) is 0 Å². The molecule has 30 heteroatoms. The number of nitrogens with one attached hydrogen (secondary N) is 4. The number of alkyl halides is 24. The van der Waals surface area contributed by atoms with Crippen molar-refractivity contribution in [2.24, 2.45) is 0 Å². The third kappa shape index (κ3) is 14.1. The molecule has 84 heavy (non-hydrogen) atoms. The second-order valence-corrected chi connectivity index (χ2v) is 20.2.